The lowest BCUT2D eigenvalue weighted by Gasteiger charge is -2.15. The molecule has 4 nitrogen and oxygen atoms in total. The fourth-order valence-corrected chi connectivity index (χ4v) is 4.15. The smallest absolute Gasteiger partial charge is 0.243 e. The van der Waals surface area contributed by atoms with Crippen molar-refractivity contribution in [1.82, 2.24) is 4.72 Å². The number of nitrogen functional groups attached to an aromatic ring is 1. The molecule has 0 saturated carbocycles. The molecule has 1 unspecified atom stereocenters. The van der Waals surface area contributed by atoms with Crippen molar-refractivity contribution in [2.75, 3.05) is 17.2 Å². The fraction of sp³-hybridized carbons (Fsp3) is 0.455. The van der Waals surface area contributed by atoms with Crippen molar-refractivity contribution in [2.24, 2.45) is 0 Å². The molecule has 0 bridgehead atoms. The van der Waals surface area contributed by atoms with Gasteiger partial charge in [-0.3, -0.25) is 0 Å². The standard InChI is InChI=1S/C11H15BrClFN2O2S2/c1-3-19-5-6(2)16-20(17,18)8-4-7(13)9(12)11(15)10(8)14/h4,6,16H,3,5,15H2,1-2H3. The first-order valence-corrected chi connectivity index (χ1v) is 9.54. The van der Waals surface area contributed by atoms with Gasteiger partial charge in [-0.15, -0.1) is 0 Å². The Kier molecular flexibility index (Phi) is 6.59. The third-order valence-corrected chi connectivity index (χ3v) is 6.49. The van der Waals surface area contributed by atoms with Gasteiger partial charge in [0.15, 0.2) is 5.82 Å². The number of halogens is 3. The number of hydrogen-bond donors (Lipinski definition) is 2. The average Bonchev–Trinajstić information content (AvgIpc) is 2.37. The van der Waals surface area contributed by atoms with E-state index in [1.807, 2.05) is 6.92 Å². The summed E-state index contributed by atoms with van der Waals surface area (Å²) in [4.78, 5) is -0.545. The first-order chi connectivity index (χ1) is 9.20. The summed E-state index contributed by atoms with van der Waals surface area (Å²) in [5, 5.41) is 0.0415. The molecule has 0 spiro atoms. The topological polar surface area (TPSA) is 72.2 Å². The van der Waals surface area contributed by atoms with E-state index in [9.17, 15) is 12.8 Å². The summed E-state index contributed by atoms with van der Waals surface area (Å²) in [6.07, 6.45) is 0. The highest BCUT2D eigenvalue weighted by molar-refractivity contribution is 9.10. The van der Waals surface area contributed by atoms with E-state index in [4.69, 9.17) is 17.3 Å². The molecule has 1 aromatic carbocycles. The van der Waals surface area contributed by atoms with Gasteiger partial charge in [0.2, 0.25) is 10.0 Å². The van der Waals surface area contributed by atoms with Crippen molar-refractivity contribution in [3.63, 3.8) is 0 Å². The van der Waals surface area contributed by atoms with Crippen LogP contribution in [0.25, 0.3) is 0 Å². The fourth-order valence-electron chi connectivity index (χ4n) is 1.45. The molecule has 0 amide bonds. The Morgan fingerprint density at radius 1 is 1.60 bits per heavy atom. The van der Waals surface area contributed by atoms with Gasteiger partial charge in [-0.25, -0.2) is 17.5 Å². The van der Waals surface area contributed by atoms with Crippen LogP contribution in [-0.2, 0) is 10.0 Å². The molecule has 1 atom stereocenters. The van der Waals surface area contributed by atoms with E-state index < -0.39 is 20.7 Å². The maximum atomic E-state index is 14.0. The van der Waals surface area contributed by atoms with Crippen molar-refractivity contribution in [3.8, 4) is 0 Å². The molecular formula is C11H15BrClFN2O2S2. The quantitative estimate of drug-likeness (QED) is 0.563. The van der Waals surface area contributed by atoms with Crippen LogP contribution < -0.4 is 10.5 Å². The van der Waals surface area contributed by atoms with Crippen LogP contribution in [0.3, 0.4) is 0 Å². The minimum absolute atomic E-state index is 0.0415. The van der Waals surface area contributed by atoms with Crippen LogP contribution in [0.15, 0.2) is 15.4 Å². The van der Waals surface area contributed by atoms with Crippen LogP contribution in [0, 0.1) is 5.82 Å². The van der Waals surface area contributed by atoms with Crippen molar-refractivity contribution in [1.29, 1.82) is 0 Å². The Morgan fingerprint density at radius 3 is 2.75 bits per heavy atom. The van der Waals surface area contributed by atoms with Crippen molar-refractivity contribution in [3.05, 3.63) is 21.4 Å². The van der Waals surface area contributed by atoms with Gasteiger partial charge in [-0.1, -0.05) is 18.5 Å². The molecule has 0 radical (unpaired) electrons. The zero-order chi connectivity index (χ0) is 15.5. The molecule has 20 heavy (non-hydrogen) atoms. The van der Waals surface area contributed by atoms with Gasteiger partial charge >= 0.3 is 0 Å². The summed E-state index contributed by atoms with van der Waals surface area (Å²) in [7, 11) is -4.01. The highest BCUT2D eigenvalue weighted by Crippen LogP contribution is 2.34. The number of rotatable bonds is 6. The van der Waals surface area contributed by atoms with Gasteiger partial charge in [-0.05, 0) is 34.7 Å². The van der Waals surface area contributed by atoms with Crippen molar-refractivity contribution in [2.45, 2.75) is 24.8 Å². The molecule has 0 aliphatic heterocycles. The van der Waals surface area contributed by atoms with Gasteiger partial charge in [-0.2, -0.15) is 11.8 Å². The molecule has 0 aliphatic rings. The first kappa shape index (κ1) is 18.0. The molecule has 1 aromatic rings. The monoisotopic (exact) mass is 404 g/mol. The molecule has 9 heteroatoms. The van der Waals surface area contributed by atoms with E-state index >= 15 is 0 Å². The normalized spacial score (nSPS) is 13.4. The zero-order valence-electron chi connectivity index (χ0n) is 10.9. The second-order valence-electron chi connectivity index (χ2n) is 4.08. The number of nitrogens with two attached hydrogens (primary N) is 1. The molecule has 0 fully saturated rings. The van der Waals surface area contributed by atoms with Gasteiger partial charge < -0.3 is 5.73 Å². The second-order valence-corrected chi connectivity index (χ2v) is 8.28. The number of benzene rings is 1. The van der Waals surface area contributed by atoms with E-state index in [1.165, 1.54) is 0 Å². The molecule has 0 saturated heterocycles. The molecule has 114 valence electrons. The van der Waals surface area contributed by atoms with Crippen LogP contribution >= 0.6 is 39.3 Å². The summed E-state index contributed by atoms with van der Waals surface area (Å²) in [5.41, 5.74) is 5.16. The lowest BCUT2D eigenvalue weighted by atomic mass is 10.3. The molecule has 0 heterocycles. The number of sulfonamides is 1. The highest BCUT2D eigenvalue weighted by atomic mass is 79.9. The van der Waals surface area contributed by atoms with Crippen LogP contribution in [0.5, 0.6) is 0 Å². The number of hydrogen-bond acceptors (Lipinski definition) is 4. The average molecular weight is 406 g/mol. The lowest BCUT2D eigenvalue weighted by Crippen LogP contribution is -2.35. The second kappa shape index (κ2) is 7.31. The van der Waals surface area contributed by atoms with Crippen molar-refractivity contribution >= 4 is 55.0 Å². The summed E-state index contributed by atoms with van der Waals surface area (Å²) < 4.78 is 40.9. The van der Waals surface area contributed by atoms with Gasteiger partial charge in [0.25, 0.3) is 0 Å². The zero-order valence-corrected chi connectivity index (χ0v) is 14.9. The van der Waals surface area contributed by atoms with Crippen LogP contribution in [-0.4, -0.2) is 26.0 Å². The maximum absolute atomic E-state index is 14.0. The SMILES string of the molecule is CCSCC(C)NS(=O)(=O)c1cc(Cl)c(Br)c(N)c1F. The predicted octanol–water partition coefficient (Wildman–Crippen LogP) is 3.24. The van der Waals surface area contributed by atoms with Crippen LogP contribution in [0.1, 0.15) is 13.8 Å². The van der Waals surface area contributed by atoms with Crippen LogP contribution in [0.4, 0.5) is 10.1 Å². The Balaban J connectivity index is 3.11. The summed E-state index contributed by atoms with van der Waals surface area (Å²) in [5.74, 6) is 0.457. The van der Waals surface area contributed by atoms with Crippen LogP contribution in [0.2, 0.25) is 5.02 Å². The third kappa shape index (κ3) is 4.24. The van der Waals surface area contributed by atoms with Gasteiger partial charge in [0.1, 0.15) is 4.90 Å². The summed E-state index contributed by atoms with van der Waals surface area (Å²) in [6, 6.07) is 0.715. The number of nitrogens with one attached hydrogen (secondary N) is 1. The number of anilines is 1. The largest absolute Gasteiger partial charge is 0.395 e. The van der Waals surface area contributed by atoms with E-state index in [2.05, 4.69) is 20.7 Å². The molecule has 0 aliphatic carbocycles. The van der Waals surface area contributed by atoms with Gasteiger partial charge in [0, 0.05) is 11.8 Å². The van der Waals surface area contributed by atoms with Gasteiger partial charge in [0.05, 0.1) is 15.2 Å². The van der Waals surface area contributed by atoms with E-state index in [-0.39, 0.29) is 21.2 Å². The Labute approximate surface area is 135 Å². The number of thioether (sulfide) groups is 1. The van der Waals surface area contributed by atoms with E-state index in [0.29, 0.717) is 5.75 Å². The lowest BCUT2D eigenvalue weighted by molar-refractivity contribution is 0.551. The minimum Gasteiger partial charge on any atom is -0.395 e. The Bertz CT molecular complexity index is 599. The summed E-state index contributed by atoms with van der Waals surface area (Å²) >= 11 is 10.4. The predicted molar refractivity (Wildman–Crippen MR) is 86.3 cm³/mol. The molecular weight excluding hydrogens is 391 g/mol. The Morgan fingerprint density at radius 2 is 2.20 bits per heavy atom. The summed E-state index contributed by atoms with van der Waals surface area (Å²) in [6.45, 7) is 3.68. The van der Waals surface area contributed by atoms with E-state index in [0.717, 1.165) is 11.8 Å². The third-order valence-electron chi connectivity index (χ3n) is 2.37. The molecule has 3 N–H and O–H groups in total. The van der Waals surface area contributed by atoms with E-state index in [1.54, 1.807) is 18.7 Å². The minimum atomic E-state index is -4.01. The van der Waals surface area contributed by atoms with Crippen molar-refractivity contribution < 1.29 is 12.8 Å². The maximum Gasteiger partial charge on any atom is 0.243 e. The Hall–Kier alpha value is -0.0200. The first-order valence-electron chi connectivity index (χ1n) is 5.73. The highest BCUT2D eigenvalue weighted by Gasteiger charge is 2.25. The molecule has 0 aromatic heterocycles. The molecule has 1 rings (SSSR count).